The third-order valence-electron chi connectivity index (χ3n) is 5.32. The van der Waals surface area contributed by atoms with Gasteiger partial charge in [-0.05, 0) is 53.1 Å². The summed E-state index contributed by atoms with van der Waals surface area (Å²) in [7, 11) is 0. The third kappa shape index (κ3) is 2.60. The maximum atomic E-state index is 6.25. The number of hydrogen-bond acceptors (Lipinski definition) is 2. The van der Waals surface area contributed by atoms with Gasteiger partial charge in [0, 0.05) is 22.7 Å². The van der Waals surface area contributed by atoms with Crippen LogP contribution >= 0.6 is 0 Å². The van der Waals surface area contributed by atoms with E-state index in [1.807, 2.05) is 18.3 Å². The summed E-state index contributed by atoms with van der Waals surface area (Å²) in [5.74, 6) is 2.26. The SMILES string of the molecule is Cc1cc2c3c(cccc3c1)Oc1cc(-c3ccc(C(C)C)cc3)cnc1-2. The molecule has 132 valence electrons. The summed E-state index contributed by atoms with van der Waals surface area (Å²) in [5, 5.41) is 2.35. The predicted octanol–water partition coefficient (Wildman–Crippen LogP) is 7.11. The van der Waals surface area contributed by atoms with Gasteiger partial charge < -0.3 is 4.74 Å². The summed E-state index contributed by atoms with van der Waals surface area (Å²) in [5.41, 5.74) is 6.89. The maximum Gasteiger partial charge on any atom is 0.154 e. The van der Waals surface area contributed by atoms with Gasteiger partial charge in [-0.2, -0.15) is 0 Å². The normalized spacial score (nSPS) is 12.1. The number of aryl methyl sites for hydroxylation is 1. The molecule has 1 aliphatic heterocycles. The van der Waals surface area contributed by atoms with Gasteiger partial charge >= 0.3 is 0 Å². The lowest BCUT2D eigenvalue weighted by Gasteiger charge is -2.21. The van der Waals surface area contributed by atoms with Gasteiger partial charge in [0.2, 0.25) is 0 Å². The molecule has 0 aliphatic carbocycles. The molecule has 3 aromatic carbocycles. The van der Waals surface area contributed by atoms with Gasteiger partial charge in [0.15, 0.2) is 5.75 Å². The predicted molar refractivity (Wildman–Crippen MR) is 112 cm³/mol. The molecule has 2 heteroatoms. The molecule has 2 heterocycles. The zero-order valence-electron chi connectivity index (χ0n) is 15.8. The minimum atomic E-state index is 0.532. The van der Waals surface area contributed by atoms with Crippen LogP contribution in [0.5, 0.6) is 11.5 Å². The number of pyridine rings is 1. The van der Waals surface area contributed by atoms with E-state index in [4.69, 9.17) is 9.72 Å². The summed E-state index contributed by atoms with van der Waals surface area (Å²) >= 11 is 0. The smallest absolute Gasteiger partial charge is 0.154 e. The van der Waals surface area contributed by atoms with Crippen molar-refractivity contribution >= 4 is 10.8 Å². The van der Waals surface area contributed by atoms with Crippen LogP contribution in [0.1, 0.15) is 30.9 Å². The average Bonchev–Trinajstić information content (AvgIpc) is 2.67. The van der Waals surface area contributed by atoms with Crippen LogP contribution in [0, 0.1) is 6.92 Å². The number of aromatic nitrogens is 1. The van der Waals surface area contributed by atoms with Crippen molar-refractivity contribution in [2.75, 3.05) is 0 Å². The zero-order valence-corrected chi connectivity index (χ0v) is 15.8. The van der Waals surface area contributed by atoms with Crippen LogP contribution in [0.4, 0.5) is 0 Å². The minimum absolute atomic E-state index is 0.532. The van der Waals surface area contributed by atoms with E-state index in [0.717, 1.165) is 39.3 Å². The lowest BCUT2D eigenvalue weighted by molar-refractivity contribution is 0.485. The molecule has 0 spiro atoms. The van der Waals surface area contributed by atoms with Crippen LogP contribution in [-0.2, 0) is 0 Å². The Labute approximate surface area is 159 Å². The number of nitrogens with zero attached hydrogens (tertiary/aromatic N) is 1. The molecule has 0 saturated heterocycles. The fourth-order valence-corrected chi connectivity index (χ4v) is 3.88. The van der Waals surface area contributed by atoms with Crippen molar-refractivity contribution in [2.24, 2.45) is 0 Å². The summed E-state index contributed by atoms with van der Waals surface area (Å²) in [6.07, 6.45) is 1.95. The van der Waals surface area contributed by atoms with Crippen LogP contribution in [0.2, 0.25) is 0 Å². The number of hydrogen-bond donors (Lipinski definition) is 0. The van der Waals surface area contributed by atoms with E-state index in [-0.39, 0.29) is 0 Å². The molecule has 0 saturated carbocycles. The van der Waals surface area contributed by atoms with Crippen molar-refractivity contribution in [3.8, 4) is 33.9 Å². The third-order valence-corrected chi connectivity index (χ3v) is 5.32. The van der Waals surface area contributed by atoms with Gasteiger partial charge in [-0.3, -0.25) is 4.98 Å². The highest BCUT2D eigenvalue weighted by Crippen LogP contribution is 2.46. The van der Waals surface area contributed by atoms with E-state index >= 15 is 0 Å². The molecule has 0 unspecified atom stereocenters. The van der Waals surface area contributed by atoms with Gasteiger partial charge in [-0.1, -0.05) is 56.3 Å². The molecular weight excluding hydrogens is 330 g/mol. The topological polar surface area (TPSA) is 22.1 Å². The Hall–Kier alpha value is -3.13. The van der Waals surface area contributed by atoms with Crippen LogP contribution in [0.25, 0.3) is 33.2 Å². The Morgan fingerprint density at radius 2 is 1.67 bits per heavy atom. The van der Waals surface area contributed by atoms with Gasteiger partial charge in [-0.15, -0.1) is 0 Å². The first kappa shape index (κ1) is 16.1. The average molecular weight is 351 g/mol. The Bertz CT molecular complexity index is 1170. The van der Waals surface area contributed by atoms with E-state index < -0.39 is 0 Å². The van der Waals surface area contributed by atoms with E-state index in [1.54, 1.807) is 0 Å². The second-order valence-corrected chi connectivity index (χ2v) is 7.62. The number of rotatable bonds is 2. The fraction of sp³-hybridized carbons (Fsp3) is 0.160. The van der Waals surface area contributed by atoms with E-state index in [2.05, 4.69) is 69.3 Å². The first-order chi connectivity index (χ1) is 13.1. The van der Waals surface area contributed by atoms with E-state index in [1.165, 1.54) is 16.5 Å². The van der Waals surface area contributed by atoms with Crippen LogP contribution in [0.15, 0.2) is 66.9 Å². The van der Waals surface area contributed by atoms with Crippen molar-refractivity contribution in [3.05, 3.63) is 78.0 Å². The molecule has 0 amide bonds. The Morgan fingerprint density at radius 3 is 2.44 bits per heavy atom. The van der Waals surface area contributed by atoms with Crippen molar-refractivity contribution in [1.82, 2.24) is 4.98 Å². The molecule has 0 N–H and O–H groups in total. The minimum Gasteiger partial charge on any atom is -0.454 e. The highest BCUT2D eigenvalue weighted by molar-refractivity contribution is 6.03. The molecule has 1 aliphatic rings. The molecule has 27 heavy (non-hydrogen) atoms. The molecule has 4 aromatic rings. The standard InChI is InChI=1S/C25H21NO/c1-15(2)17-7-9-18(10-8-17)20-13-23-25(26-14-20)21-12-16(3)11-19-5-4-6-22(27-23)24(19)21/h4-15H,1-3H3. The van der Waals surface area contributed by atoms with Gasteiger partial charge in [0.1, 0.15) is 11.4 Å². The van der Waals surface area contributed by atoms with Crippen molar-refractivity contribution < 1.29 is 4.74 Å². The van der Waals surface area contributed by atoms with Gasteiger partial charge in [0.25, 0.3) is 0 Å². The van der Waals surface area contributed by atoms with E-state index in [0.29, 0.717) is 5.92 Å². The number of benzene rings is 3. The van der Waals surface area contributed by atoms with Gasteiger partial charge in [0.05, 0.1) is 0 Å². The Kier molecular flexibility index (Phi) is 3.54. The maximum absolute atomic E-state index is 6.25. The quantitative estimate of drug-likeness (QED) is 0.338. The lowest BCUT2D eigenvalue weighted by Crippen LogP contribution is -2.00. The molecule has 0 radical (unpaired) electrons. The first-order valence-electron chi connectivity index (χ1n) is 9.42. The van der Waals surface area contributed by atoms with Crippen molar-refractivity contribution in [1.29, 1.82) is 0 Å². The summed E-state index contributed by atoms with van der Waals surface area (Å²) in [4.78, 5) is 4.79. The van der Waals surface area contributed by atoms with Crippen LogP contribution < -0.4 is 4.74 Å². The molecule has 5 rings (SSSR count). The second kappa shape index (κ2) is 5.95. The molecule has 0 fully saturated rings. The molecule has 0 bridgehead atoms. The molecule has 2 nitrogen and oxygen atoms in total. The molecular formula is C25H21NO. The van der Waals surface area contributed by atoms with E-state index in [9.17, 15) is 0 Å². The van der Waals surface area contributed by atoms with Crippen molar-refractivity contribution in [2.45, 2.75) is 26.7 Å². The largest absolute Gasteiger partial charge is 0.454 e. The summed E-state index contributed by atoms with van der Waals surface area (Å²) in [6, 6.07) is 21.5. The molecule has 0 atom stereocenters. The van der Waals surface area contributed by atoms with Crippen LogP contribution in [-0.4, -0.2) is 4.98 Å². The van der Waals surface area contributed by atoms with Crippen molar-refractivity contribution in [3.63, 3.8) is 0 Å². The lowest BCUT2D eigenvalue weighted by atomic mass is 9.95. The van der Waals surface area contributed by atoms with Crippen LogP contribution in [0.3, 0.4) is 0 Å². The first-order valence-corrected chi connectivity index (χ1v) is 9.42. The number of ether oxygens (including phenoxy) is 1. The highest BCUT2D eigenvalue weighted by atomic mass is 16.5. The fourth-order valence-electron chi connectivity index (χ4n) is 3.88. The monoisotopic (exact) mass is 351 g/mol. The number of fused-ring (bicyclic) bond motifs is 2. The molecule has 1 aromatic heterocycles. The highest BCUT2D eigenvalue weighted by Gasteiger charge is 2.22. The zero-order chi connectivity index (χ0) is 18.5. The van der Waals surface area contributed by atoms with Gasteiger partial charge in [-0.25, -0.2) is 0 Å². The summed E-state index contributed by atoms with van der Waals surface area (Å²) < 4.78 is 6.25. The Balaban J connectivity index is 1.65. The second-order valence-electron chi connectivity index (χ2n) is 7.62. The Morgan fingerprint density at radius 1 is 0.852 bits per heavy atom. The summed E-state index contributed by atoms with van der Waals surface area (Å²) in [6.45, 7) is 6.55.